The van der Waals surface area contributed by atoms with Crippen LogP contribution >= 0.6 is 0 Å². The maximum absolute atomic E-state index is 11.5. The number of aliphatic hydroxyl groups is 1. The van der Waals surface area contributed by atoms with E-state index in [9.17, 15) is 14.7 Å². The van der Waals surface area contributed by atoms with Gasteiger partial charge in [0.05, 0.1) is 12.6 Å². The lowest BCUT2D eigenvalue weighted by Crippen LogP contribution is -2.40. The fourth-order valence-corrected chi connectivity index (χ4v) is 1.50. The predicted molar refractivity (Wildman–Crippen MR) is 51.5 cm³/mol. The molecule has 4 nitrogen and oxygen atoms in total. The van der Waals surface area contributed by atoms with Crippen molar-refractivity contribution in [1.82, 2.24) is 4.90 Å². The van der Waals surface area contributed by atoms with E-state index in [0.29, 0.717) is 19.3 Å². The van der Waals surface area contributed by atoms with E-state index < -0.39 is 6.10 Å². The van der Waals surface area contributed by atoms with Crippen LogP contribution < -0.4 is 0 Å². The molecule has 1 fully saturated rings. The minimum absolute atomic E-state index is 0.139. The maximum atomic E-state index is 11.5. The Balaban J connectivity index is 2.60. The fraction of sp³-hybridized carbons (Fsp3) is 0.800. The lowest BCUT2D eigenvalue weighted by atomic mass is 10.2. The number of amides is 2. The predicted octanol–water partition coefficient (Wildman–Crippen LogP) is 0.686. The standard InChI is InChI=1S/C10H17NO3/c1-2-8(12)7-11-9(13)5-3-4-6-10(11)14/h8,12H,2-7H2,1H3. The molecule has 1 aliphatic rings. The maximum Gasteiger partial charge on any atom is 0.229 e. The molecule has 0 saturated carbocycles. The van der Waals surface area contributed by atoms with Crippen molar-refractivity contribution in [2.24, 2.45) is 0 Å². The Morgan fingerprint density at radius 3 is 2.21 bits per heavy atom. The third-order valence-electron chi connectivity index (χ3n) is 2.50. The number of nitrogens with zero attached hydrogens (tertiary/aromatic N) is 1. The van der Waals surface area contributed by atoms with Crippen LogP contribution in [0.2, 0.25) is 0 Å². The van der Waals surface area contributed by atoms with Crippen LogP contribution in [0.25, 0.3) is 0 Å². The molecule has 1 saturated heterocycles. The van der Waals surface area contributed by atoms with E-state index in [4.69, 9.17) is 0 Å². The average molecular weight is 199 g/mol. The first-order valence-electron chi connectivity index (χ1n) is 5.16. The molecule has 1 rings (SSSR count). The van der Waals surface area contributed by atoms with Gasteiger partial charge in [-0.3, -0.25) is 14.5 Å². The first-order valence-corrected chi connectivity index (χ1v) is 5.16. The van der Waals surface area contributed by atoms with E-state index >= 15 is 0 Å². The Labute approximate surface area is 83.9 Å². The number of β-amino-alcohol motifs (C(OH)–C–C–N with tert-alkyl or cyclic N) is 1. The third-order valence-corrected chi connectivity index (χ3v) is 2.50. The van der Waals surface area contributed by atoms with Gasteiger partial charge in [-0.25, -0.2) is 0 Å². The molecule has 0 radical (unpaired) electrons. The summed E-state index contributed by atoms with van der Waals surface area (Å²) in [5.74, 6) is -0.278. The topological polar surface area (TPSA) is 57.6 Å². The molecule has 4 heteroatoms. The molecule has 0 bridgehead atoms. The molecule has 1 aliphatic heterocycles. The van der Waals surface area contributed by atoms with Gasteiger partial charge in [0.25, 0.3) is 0 Å². The number of carbonyl (C=O) groups excluding carboxylic acids is 2. The second-order valence-corrected chi connectivity index (χ2v) is 3.67. The van der Waals surface area contributed by atoms with Gasteiger partial charge in [0.2, 0.25) is 11.8 Å². The van der Waals surface area contributed by atoms with E-state index in [2.05, 4.69) is 0 Å². The first kappa shape index (κ1) is 11.2. The van der Waals surface area contributed by atoms with E-state index in [1.807, 2.05) is 6.92 Å². The average Bonchev–Trinajstić information content (AvgIpc) is 2.32. The first-order chi connectivity index (χ1) is 6.65. The van der Waals surface area contributed by atoms with Crippen LogP contribution in [0.15, 0.2) is 0 Å². The van der Waals surface area contributed by atoms with Crippen molar-refractivity contribution < 1.29 is 14.7 Å². The zero-order valence-corrected chi connectivity index (χ0v) is 8.53. The molecule has 2 amide bonds. The monoisotopic (exact) mass is 199 g/mol. The molecule has 1 heterocycles. The highest BCUT2D eigenvalue weighted by Crippen LogP contribution is 2.13. The molecule has 0 aliphatic carbocycles. The molecule has 80 valence electrons. The molecular weight excluding hydrogens is 182 g/mol. The van der Waals surface area contributed by atoms with Crippen LogP contribution in [-0.4, -0.2) is 34.5 Å². The van der Waals surface area contributed by atoms with Crippen molar-refractivity contribution in [3.05, 3.63) is 0 Å². The summed E-state index contributed by atoms with van der Waals surface area (Å²) >= 11 is 0. The Kier molecular flexibility index (Phi) is 4.07. The van der Waals surface area contributed by atoms with Crippen LogP contribution in [0, 0.1) is 0 Å². The number of hydrogen-bond donors (Lipinski definition) is 1. The van der Waals surface area contributed by atoms with Gasteiger partial charge in [0, 0.05) is 12.8 Å². The van der Waals surface area contributed by atoms with Crippen molar-refractivity contribution in [3.8, 4) is 0 Å². The number of carbonyl (C=O) groups is 2. The molecule has 0 aromatic carbocycles. The zero-order chi connectivity index (χ0) is 10.6. The second-order valence-electron chi connectivity index (χ2n) is 3.67. The highest BCUT2D eigenvalue weighted by Gasteiger charge is 2.25. The summed E-state index contributed by atoms with van der Waals surface area (Å²) in [6.45, 7) is 1.99. The van der Waals surface area contributed by atoms with Gasteiger partial charge in [-0.1, -0.05) is 6.92 Å². The summed E-state index contributed by atoms with van der Waals surface area (Å²) in [6, 6.07) is 0. The van der Waals surface area contributed by atoms with Crippen LogP contribution in [0.5, 0.6) is 0 Å². The molecule has 0 aromatic heterocycles. The number of likely N-dealkylation sites (tertiary alicyclic amines) is 1. The smallest absolute Gasteiger partial charge is 0.229 e. The zero-order valence-electron chi connectivity index (χ0n) is 8.53. The molecule has 1 N–H and O–H groups in total. The van der Waals surface area contributed by atoms with Gasteiger partial charge in [0.1, 0.15) is 0 Å². The van der Waals surface area contributed by atoms with E-state index in [1.54, 1.807) is 0 Å². The van der Waals surface area contributed by atoms with Crippen molar-refractivity contribution in [2.75, 3.05) is 6.54 Å². The summed E-state index contributed by atoms with van der Waals surface area (Å²) < 4.78 is 0. The molecule has 0 spiro atoms. The number of aliphatic hydroxyl groups excluding tert-OH is 1. The van der Waals surface area contributed by atoms with Gasteiger partial charge in [0.15, 0.2) is 0 Å². The Morgan fingerprint density at radius 1 is 1.29 bits per heavy atom. The van der Waals surface area contributed by atoms with Gasteiger partial charge in [-0.05, 0) is 19.3 Å². The summed E-state index contributed by atoms with van der Waals surface area (Å²) in [6.07, 6.45) is 2.41. The minimum atomic E-state index is -0.582. The number of imide groups is 1. The van der Waals surface area contributed by atoms with Gasteiger partial charge >= 0.3 is 0 Å². The van der Waals surface area contributed by atoms with Crippen molar-refractivity contribution in [3.63, 3.8) is 0 Å². The Morgan fingerprint density at radius 2 is 1.79 bits per heavy atom. The summed E-state index contributed by atoms with van der Waals surface area (Å²) in [5.41, 5.74) is 0. The highest BCUT2D eigenvalue weighted by molar-refractivity contribution is 5.96. The molecular formula is C10H17NO3. The number of rotatable bonds is 3. The Hall–Kier alpha value is -0.900. The van der Waals surface area contributed by atoms with Gasteiger partial charge < -0.3 is 5.11 Å². The van der Waals surface area contributed by atoms with Gasteiger partial charge in [-0.15, -0.1) is 0 Å². The second kappa shape index (κ2) is 5.10. The molecule has 1 atom stereocenters. The van der Waals surface area contributed by atoms with Crippen molar-refractivity contribution >= 4 is 11.8 Å². The highest BCUT2D eigenvalue weighted by atomic mass is 16.3. The van der Waals surface area contributed by atoms with Crippen LogP contribution in [0.4, 0.5) is 0 Å². The van der Waals surface area contributed by atoms with Crippen LogP contribution in [0.1, 0.15) is 39.0 Å². The molecule has 14 heavy (non-hydrogen) atoms. The van der Waals surface area contributed by atoms with E-state index in [1.165, 1.54) is 4.90 Å². The normalized spacial score (nSPS) is 20.9. The van der Waals surface area contributed by atoms with Crippen molar-refractivity contribution in [1.29, 1.82) is 0 Å². The lowest BCUT2D eigenvalue weighted by Gasteiger charge is -2.21. The van der Waals surface area contributed by atoms with E-state index in [0.717, 1.165) is 12.8 Å². The van der Waals surface area contributed by atoms with Crippen LogP contribution in [-0.2, 0) is 9.59 Å². The Bertz CT molecular complexity index is 209. The van der Waals surface area contributed by atoms with E-state index in [-0.39, 0.29) is 18.4 Å². The molecule has 0 aromatic rings. The van der Waals surface area contributed by atoms with Crippen LogP contribution in [0.3, 0.4) is 0 Å². The lowest BCUT2D eigenvalue weighted by molar-refractivity contribution is -0.145. The van der Waals surface area contributed by atoms with Crippen molar-refractivity contribution in [2.45, 2.75) is 45.1 Å². The van der Waals surface area contributed by atoms with Gasteiger partial charge in [-0.2, -0.15) is 0 Å². The summed E-state index contributed by atoms with van der Waals surface area (Å²) in [7, 11) is 0. The molecule has 1 unspecified atom stereocenters. The SMILES string of the molecule is CCC(O)CN1C(=O)CCCCC1=O. The third kappa shape index (κ3) is 2.80. The number of hydrogen-bond acceptors (Lipinski definition) is 3. The fourth-order valence-electron chi connectivity index (χ4n) is 1.50. The summed E-state index contributed by atoms with van der Waals surface area (Å²) in [4.78, 5) is 24.1. The largest absolute Gasteiger partial charge is 0.391 e. The summed E-state index contributed by atoms with van der Waals surface area (Å²) in [5, 5.41) is 9.39. The quantitative estimate of drug-likeness (QED) is 0.680. The minimum Gasteiger partial charge on any atom is -0.391 e.